The largest absolute Gasteiger partial charge is 0.481 e. The van der Waals surface area contributed by atoms with Gasteiger partial charge in [0.15, 0.2) is 0 Å². The second-order valence-electron chi connectivity index (χ2n) is 6.70. The molecule has 13 nitrogen and oxygen atoms in total. The van der Waals surface area contributed by atoms with Crippen LogP contribution in [0.2, 0.25) is 0 Å². The van der Waals surface area contributed by atoms with Gasteiger partial charge < -0.3 is 42.7 Å². The lowest BCUT2D eigenvalue weighted by molar-refractivity contribution is -0.143. The van der Waals surface area contributed by atoms with E-state index in [9.17, 15) is 24.0 Å². The van der Waals surface area contributed by atoms with Crippen molar-refractivity contribution in [3.63, 3.8) is 0 Å². The highest BCUT2D eigenvalue weighted by molar-refractivity contribution is 5.93. The average Bonchev–Trinajstić information content (AvgIpc) is 2.68. The number of carbonyl (C=O) groups excluding carboxylic acids is 3. The van der Waals surface area contributed by atoms with Crippen LogP contribution in [-0.4, -0.2) is 82.3 Å². The summed E-state index contributed by atoms with van der Waals surface area (Å²) < 4.78 is 0. The third kappa shape index (κ3) is 10.7. The van der Waals surface area contributed by atoms with Crippen molar-refractivity contribution in [1.29, 1.82) is 0 Å². The van der Waals surface area contributed by atoms with Crippen molar-refractivity contribution in [2.45, 2.75) is 63.2 Å². The summed E-state index contributed by atoms with van der Waals surface area (Å²) >= 11 is 0. The van der Waals surface area contributed by atoms with Crippen molar-refractivity contribution >= 4 is 29.7 Å². The Balaban J connectivity index is 4.99. The zero-order valence-electron chi connectivity index (χ0n) is 16.8. The summed E-state index contributed by atoms with van der Waals surface area (Å²) in [6.45, 7) is 1.07. The van der Waals surface area contributed by atoms with Gasteiger partial charge in [0.1, 0.15) is 24.2 Å². The van der Waals surface area contributed by atoms with E-state index in [1.165, 1.54) is 6.92 Å². The molecule has 4 unspecified atom stereocenters. The number of carboxylic acids is 2. The van der Waals surface area contributed by atoms with Gasteiger partial charge in [-0.15, -0.1) is 0 Å². The summed E-state index contributed by atoms with van der Waals surface area (Å²) in [6.07, 6.45) is 0.509. The SMILES string of the molecule is CC(NC(=O)C(CCCCN)NC(=O)C(N)CO)C(=O)NC(CCC(=O)O)C(=O)O. The normalized spacial score (nSPS) is 14.7. The van der Waals surface area contributed by atoms with E-state index in [2.05, 4.69) is 16.0 Å². The number of aliphatic carboxylic acids is 2. The Morgan fingerprint density at radius 1 is 0.867 bits per heavy atom. The highest BCUT2D eigenvalue weighted by Crippen LogP contribution is 2.03. The van der Waals surface area contributed by atoms with Crippen molar-refractivity contribution in [3.05, 3.63) is 0 Å². The smallest absolute Gasteiger partial charge is 0.326 e. The number of hydrogen-bond acceptors (Lipinski definition) is 8. The number of nitrogens with two attached hydrogens (primary N) is 2. The Kier molecular flexibility index (Phi) is 12.9. The first kappa shape index (κ1) is 27.2. The maximum absolute atomic E-state index is 12.5. The molecule has 0 radical (unpaired) electrons. The second kappa shape index (κ2) is 14.3. The van der Waals surface area contributed by atoms with Gasteiger partial charge in [0.05, 0.1) is 6.61 Å². The molecule has 0 aromatic rings. The first-order valence-corrected chi connectivity index (χ1v) is 9.45. The molecule has 0 bridgehead atoms. The maximum atomic E-state index is 12.5. The molecule has 0 spiro atoms. The predicted octanol–water partition coefficient (Wildman–Crippen LogP) is -3.14. The molecule has 0 fully saturated rings. The lowest BCUT2D eigenvalue weighted by Crippen LogP contribution is -2.56. The number of amides is 3. The molecule has 0 aromatic carbocycles. The fraction of sp³-hybridized carbons (Fsp3) is 0.706. The van der Waals surface area contributed by atoms with Crippen molar-refractivity contribution in [2.24, 2.45) is 11.5 Å². The Morgan fingerprint density at radius 3 is 1.97 bits per heavy atom. The van der Waals surface area contributed by atoms with Gasteiger partial charge in [0.25, 0.3) is 0 Å². The van der Waals surface area contributed by atoms with Gasteiger partial charge in [0, 0.05) is 6.42 Å². The van der Waals surface area contributed by atoms with Crippen LogP contribution in [0.3, 0.4) is 0 Å². The molecular formula is C17H31N5O8. The fourth-order valence-corrected chi connectivity index (χ4v) is 2.32. The molecular weight excluding hydrogens is 402 g/mol. The van der Waals surface area contributed by atoms with Crippen LogP contribution in [0, 0.1) is 0 Å². The molecule has 4 atom stereocenters. The zero-order chi connectivity index (χ0) is 23.3. The Morgan fingerprint density at radius 2 is 1.47 bits per heavy atom. The topological polar surface area (TPSA) is 234 Å². The molecule has 0 aliphatic rings. The molecule has 30 heavy (non-hydrogen) atoms. The Labute approximate surface area is 173 Å². The van der Waals surface area contributed by atoms with Gasteiger partial charge in [-0.1, -0.05) is 0 Å². The van der Waals surface area contributed by atoms with E-state index in [1.54, 1.807) is 0 Å². The lowest BCUT2D eigenvalue weighted by atomic mass is 10.1. The summed E-state index contributed by atoms with van der Waals surface area (Å²) in [4.78, 5) is 58.4. The van der Waals surface area contributed by atoms with Crippen molar-refractivity contribution < 1.29 is 39.3 Å². The van der Waals surface area contributed by atoms with Crippen molar-refractivity contribution in [1.82, 2.24) is 16.0 Å². The van der Waals surface area contributed by atoms with Gasteiger partial charge in [0.2, 0.25) is 17.7 Å². The van der Waals surface area contributed by atoms with Crippen LogP contribution in [-0.2, 0) is 24.0 Å². The van der Waals surface area contributed by atoms with Crippen LogP contribution < -0.4 is 27.4 Å². The van der Waals surface area contributed by atoms with Crippen LogP contribution in [0.15, 0.2) is 0 Å². The van der Waals surface area contributed by atoms with Gasteiger partial charge >= 0.3 is 11.9 Å². The molecule has 0 aliphatic carbocycles. The molecule has 0 aromatic heterocycles. The molecule has 10 N–H and O–H groups in total. The summed E-state index contributed by atoms with van der Waals surface area (Å²) in [5, 5.41) is 33.6. The highest BCUT2D eigenvalue weighted by atomic mass is 16.4. The number of unbranched alkanes of at least 4 members (excludes halogenated alkanes) is 1. The molecule has 172 valence electrons. The third-order valence-corrected chi connectivity index (χ3v) is 4.13. The van der Waals surface area contributed by atoms with Crippen LogP contribution in [0.25, 0.3) is 0 Å². The second-order valence-corrected chi connectivity index (χ2v) is 6.70. The van der Waals surface area contributed by atoms with Crippen LogP contribution >= 0.6 is 0 Å². The summed E-state index contributed by atoms with van der Waals surface area (Å²) in [5.74, 6) is -4.91. The standard InChI is InChI=1S/C17H31N5O8/c1-9(14(26)22-12(17(29)30)5-6-13(24)25)20-16(28)11(4-2-3-7-18)21-15(27)10(19)8-23/h9-12,23H,2-8,18-19H2,1H3,(H,20,28)(H,21,27)(H,22,26)(H,24,25)(H,29,30). The monoisotopic (exact) mass is 433 g/mol. The van der Waals surface area contributed by atoms with Crippen LogP contribution in [0.1, 0.15) is 39.0 Å². The average molecular weight is 433 g/mol. The van der Waals surface area contributed by atoms with E-state index in [0.29, 0.717) is 19.4 Å². The third-order valence-electron chi connectivity index (χ3n) is 4.13. The number of aliphatic hydroxyl groups is 1. The molecule has 0 heterocycles. The molecule has 0 aliphatic heterocycles. The number of hydrogen-bond donors (Lipinski definition) is 8. The highest BCUT2D eigenvalue weighted by Gasteiger charge is 2.28. The van der Waals surface area contributed by atoms with E-state index in [-0.39, 0.29) is 12.8 Å². The first-order valence-electron chi connectivity index (χ1n) is 9.45. The van der Waals surface area contributed by atoms with Gasteiger partial charge in [-0.3, -0.25) is 19.2 Å². The van der Waals surface area contributed by atoms with Gasteiger partial charge in [-0.05, 0) is 39.2 Å². The number of carbonyl (C=O) groups is 5. The van der Waals surface area contributed by atoms with Crippen molar-refractivity contribution in [3.8, 4) is 0 Å². The fourth-order valence-electron chi connectivity index (χ4n) is 2.32. The number of carboxylic acid groups (broad SMARTS) is 2. The van der Waals surface area contributed by atoms with Crippen LogP contribution in [0.4, 0.5) is 0 Å². The van der Waals surface area contributed by atoms with E-state index in [4.69, 9.17) is 26.8 Å². The first-order chi connectivity index (χ1) is 14.0. The minimum absolute atomic E-state index is 0.206. The Bertz CT molecular complexity index is 615. The minimum Gasteiger partial charge on any atom is -0.481 e. The quantitative estimate of drug-likeness (QED) is 0.121. The number of nitrogens with one attached hydrogen (secondary N) is 3. The summed E-state index contributed by atoms with van der Waals surface area (Å²) in [7, 11) is 0. The lowest BCUT2D eigenvalue weighted by Gasteiger charge is -2.23. The molecule has 0 saturated carbocycles. The molecule has 3 amide bonds. The molecule has 0 saturated heterocycles. The summed E-state index contributed by atoms with van der Waals surface area (Å²) in [6, 6.07) is -4.86. The van der Waals surface area contributed by atoms with Gasteiger partial charge in [-0.2, -0.15) is 0 Å². The molecule has 13 heteroatoms. The maximum Gasteiger partial charge on any atom is 0.326 e. The summed E-state index contributed by atoms with van der Waals surface area (Å²) in [5.41, 5.74) is 10.8. The predicted molar refractivity (Wildman–Crippen MR) is 104 cm³/mol. The van der Waals surface area contributed by atoms with E-state index in [0.717, 1.165) is 0 Å². The Hall–Kier alpha value is -2.77. The zero-order valence-corrected chi connectivity index (χ0v) is 16.8. The molecule has 0 rings (SSSR count). The van der Waals surface area contributed by atoms with Gasteiger partial charge in [-0.25, -0.2) is 4.79 Å². The van der Waals surface area contributed by atoms with E-state index >= 15 is 0 Å². The van der Waals surface area contributed by atoms with Crippen molar-refractivity contribution in [2.75, 3.05) is 13.2 Å². The number of aliphatic hydroxyl groups excluding tert-OH is 1. The number of rotatable bonds is 15. The van der Waals surface area contributed by atoms with Crippen LogP contribution in [0.5, 0.6) is 0 Å². The van der Waals surface area contributed by atoms with E-state index < -0.39 is 66.9 Å². The van der Waals surface area contributed by atoms with E-state index in [1.807, 2.05) is 0 Å². The minimum atomic E-state index is -1.43.